The Hall–Kier alpha value is -1.20. The van der Waals surface area contributed by atoms with Gasteiger partial charge in [0.05, 0.1) is 17.6 Å². The summed E-state index contributed by atoms with van der Waals surface area (Å²) in [5, 5.41) is 49.9. The fourth-order valence-corrected chi connectivity index (χ4v) is 3.09. The van der Waals surface area contributed by atoms with Gasteiger partial charge in [-0.15, -0.1) is 0 Å². The van der Waals surface area contributed by atoms with E-state index in [2.05, 4.69) is 0 Å². The number of hydrogen-bond acceptors (Lipinski definition) is 8. The molecule has 0 saturated carbocycles. The van der Waals surface area contributed by atoms with Crippen LogP contribution >= 0.6 is 11.6 Å². The van der Waals surface area contributed by atoms with Crippen molar-refractivity contribution in [2.45, 2.75) is 30.7 Å². The van der Waals surface area contributed by atoms with Gasteiger partial charge in [-0.2, -0.15) is 0 Å². The van der Waals surface area contributed by atoms with Gasteiger partial charge in [-0.3, -0.25) is 0 Å². The molecule has 1 aliphatic heterocycles. The van der Waals surface area contributed by atoms with E-state index >= 15 is 0 Å². The fourth-order valence-electron chi connectivity index (χ4n) is 2.86. The van der Waals surface area contributed by atoms with Crippen molar-refractivity contribution in [1.29, 1.82) is 0 Å². The fraction of sp³-hybridized carbons (Fsp3) is 0.316. The number of aliphatic hydroxyl groups is 4. The zero-order valence-electron chi connectivity index (χ0n) is 15.4. The summed E-state index contributed by atoms with van der Waals surface area (Å²) in [6.07, 6.45) is -7.03. The van der Waals surface area contributed by atoms with Crippen molar-refractivity contribution >= 4 is 17.6 Å². The molecule has 0 radical (unpaired) electrons. The van der Waals surface area contributed by atoms with Crippen LogP contribution in [0.25, 0.3) is 11.1 Å². The van der Waals surface area contributed by atoms with Crippen molar-refractivity contribution in [3.8, 4) is 16.9 Å². The predicted molar refractivity (Wildman–Crippen MR) is 95.6 cm³/mol. The molecule has 0 aliphatic carbocycles. The van der Waals surface area contributed by atoms with Gasteiger partial charge in [0.1, 0.15) is 30.2 Å². The monoisotopic (exact) mass is 432 g/mol. The van der Waals surface area contributed by atoms with Crippen molar-refractivity contribution in [3.63, 3.8) is 0 Å². The first-order valence-corrected chi connectivity index (χ1v) is 8.78. The average Bonchev–Trinajstić information content (AvgIpc) is 2.69. The topological polar surface area (TPSA) is 140 Å². The van der Waals surface area contributed by atoms with Gasteiger partial charge >= 0.3 is 29.6 Å². The minimum atomic E-state index is -1.56. The van der Waals surface area contributed by atoms with Crippen LogP contribution in [-0.4, -0.2) is 63.7 Å². The number of carbonyl (C=O) groups excluding carboxylic acids is 1. The predicted octanol–water partition coefficient (Wildman–Crippen LogP) is -3.45. The van der Waals surface area contributed by atoms with E-state index in [9.17, 15) is 30.3 Å². The van der Waals surface area contributed by atoms with Crippen LogP contribution < -0.4 is 39.4 Å². The first-order valence-electron chi connectivity index (χ1n) is 8.40. The Morgan fingerprint density at radius 1 is 1.03 bits per heavy atom. The van der Waals surface area contributed by atoms with Gasteiger partial charge in [-0.1, -0.05) is 41.9 Å². The van der Waals surface area contributed by atoms with Crippen LogP contribution in [0.4, 0.5) is 0 Å². The average molecular weight is 433 g/mol. The van der Waals surface area contributed by atoms with Gasteiger partial charge in [-0.05, 0) is 28.8 Å². The van der Waals surface area contributed by atoms with Crippen LogP contribution in [0.2, 0.25) is 5.02 Å². The summed E-state index contributed by atoms with van der Waals surface area (Å²) in [5.74, 6) is -1.12. The van der Waals surface area contributed by atoms with Gasteiger partial charge in [0.25, 0.3) is 0 Å². The minimum Gasteiger partial charge on any atom is -0.545 e. The molecular weight excluding hydrogens is 415 g/mol. The number of carboxylic acids is 1. The Labute approximate surface area is 193 Å². The first-order chi connectivity index (χ1) is 13.3. The second kappa shape index (κ2) is 10.2. The van der Waals surface area contributed by atoms with E-state index in [0.29, 0.717) is 11.1 Å². The summed E-state index contributed by atoms with van der Waals surface area (Å²) < 4.78 is 10.8. The molecule has 0 amide bonds. The molecule has 0 aromatic heterocycles. The third-order valence-electron chi connectivity index (χ3n) is 4.48. The van der Waals surface area contributed by atoms with E-state index in [0.717, 1.165) is 0 Å². The largest absolute Gasteiger partial charge is 1.00 e. The third-order valence-corrected chi connectivity index (χ3v) is 4.77. The van der Waals surface area contributed by atoms with Gasteiger partial charge < -0.3 is 39.8 Å². The molecule has 4 N–H and O–H groups in total. The van der Waals surface area contributed by atoms with Crippen LogP contribution in [0.15, 0.2) is 42.5 Å². The Kier molecular flexibility index (Phi) is 8.48. The van der Waals surface area contributed by atoms with Crippen LogP contribution in [-0.2, 0) is 4.74 Å². The Bertz CT molecular complexity index is 845. The molecule has 1 heterocycles. The van der Waals surface area contributed by atoms with Crippen molar-refractivity contribution in [2.24, 2.45) is 0 Å². The summed E-state index contributed by atoms with van der Waals surface area (Å²) in [6, 6.07) is 10.8. The van der Waals surface area contributed by atoms with E-state index in [1.54, 1.807) is 24.3 Å². The quantitative estimate of drug-likeness (QED) is 0.358. The van der Waals surface area contributed by atoms with Crippen molar-refractivity contribution in [2.75, 3.05) is 6.61 Å². The van der Waals surface area contributed by atoms with E-state index in [1.165, 1.54) is 18.2 Å². The van der Waals surface area contributed by atoms with E-state index in [1.807, 2.05) is 0 Å². The molecular formula is C19H18ClNaO8. The van der Waals surface area contributed by atoms with E-state index in [-0.39, 0.29) is 45.9 Å². The van der Waals surface area contributed by atoms with Crippen LogP contribution in [0, 0.1) is 0 Å². The maximum atomic E-state index is 10.8. The SMILES string of the molecule is O=C([O-])c1ccc(-c2ccc(O[C@H]3O[C@H](CO)[C@@H](O)[C@H](O)[C@@H]3O)c(Cl)c2)cc1.[Na+]. The van der Waals surface area contributed by atoms with Crippen LogP contribution in [0.3, 0.4) is 0 Å². The number of aromatic carboxylic acids is 1. The number of hydrogen-bond donors (Lipinski definition) is 4. The normalized spacial score (nSPS) is 26.4. The van der Waals surface area contributed by atoms with E-state index in [4.69, 9.17) is 21.1 Å². The molecule has 0 bridgehead atoms. The molecule has 2 aromatic rings. The number of carboxylic acid groups (broad SMARTS) is 1. The number of aliphatic hydroxyl groups excluding tert-OH is 4. The van der Waals surface area contributed by atoms with Gasteiger partial charge in [0.15, 0.2) is 0 Å². The molecule has 0 spiro atoms. The second-order valence-corrected chi connectivity index (χ2v) is 6.73. The minimum absolute atomic E-state index is 0. The molecule has 3 rings (SSSR count). The first kappa shape index (κ1) is 24.1. The molecule has 8 nitrogen and oxygen atoms in total. The zero-order chi connectivity index (χ0) is 20.4. The maximum absolute atomic E-state index is 10.8. The molecule has 2 aromatic carbocycles. The van der Waals surface area contributed by atoms with Gasteiger partial charge in [-0.25, -0.2) is 0 Å². The number of halogens is 1. The van der Waals surface area contributed by atoms with Crippen LogP contribution in [0.1, 0.15) is 10.4 Å². The summed E-state index contributed by atoms with van der Waals surface area (Å²) in [4.78, 5) is 10.8. The van der Waals surface area contributed by atoms with Gasteiger partial charge in [0.2, 0.25) is 6.29 Å². The van der Waals surface area contributed by atoms with E-state index < -0.39 is 43.3 Å². The standard InChI is InChI=1S/C19H19ClO8.Na/c20-12-7-11(9-1-3-10(4-2-9)18(25)26)5-6-13(12)27-19-17(24)16(23)15(22)14(8-21)28-19;/h1-7,14-17,19,21-24H,8H2,(H,25,26);/q;+1/p-1/t14-,15-,16+,17+,19+;/m1./s1. The summed E-state index contributed by atoms with van der Waals surface area (Å²) in [5.41, 5.74) is 1.46. The Balaban J connectivity index is 0.00000300. The van der Waals surface area contributed by atoms with Gasteiger partial charge in [0, 0.05) is 0 Å². The van der Waals surface area contributed by atoms with Crippen LogP contribution in [0.5, 0.6) is 5.75 Å². The molecule has 1 fully saturated rings. The summed E-state index contributed by atoms with van der Waals surface area (Å²) in [6.45, 7) is -0.570. The molecule has 29 heavy (non-hydrogen) atoms. The smallest absolute Gasteiger partial charge is 0.545 e. The number of carbonyl (C=O) groups is 1. The molecule has 1 aliphatic rings. The van der Waals surface area contributed by atoms with Crippen molar-refractivity contribution < 1.29 is 69.4 Å². The molecule has 1 saturated heterocycles. The van der Waals surface area contributed by atoms with Crippen molar-refractivity contribution in [3.05, 3.63) is 53.1 Å². The number of ether oxygens (including phenoxy) is 2. The number of benzene rings is 2. The second-order valence-electron chi connectivity index (χ2n) is 6.33. The molecule has 150 valence electrons. The van der Waals surface area contributed by atoms with Crippen molar-refractivity contribution in [1.82, 2.24) is 0 Å². The third kappa shape index (κ3) is 5.29. The Morgan fingerprint density at radius 2 is 1.66 bits per heavy atom. The Morgan fingerprint density at radius 3 is 2.21 bits per heavy atom. The zero-order valence-corrected chi connectivity index (χ0v) is 18.2. The molecule has 10 heteroatoms. The number of rotatable bonds is 5. The summed E-state index contributed by atoms with van der Waals surface area (Å²) in [7, 11) is 0. The molecule has 5 atom stereocenters. The molecule has 0 unspecified atom stereocenters. The maximum Gasteiger partial charge on any atom is 1.00 e. The summed E-state index contributed by atoms with van der Waals surface area (Å²) >= 11 is 6.24.